The van der Waals surface area contributed by atoms with Gasteiger partial charge in [0.05, 0.1) is 31.2 Å². The van der Waals surface area contributed by atoms with Crippen molar-refractivity contribution in [2.45, 2.75) is 51.5 Å². The Hall–Kier alpha value is -5.73. The normalized spacial score (nSPS) is 17.9. The number of benzene rings is 3. The largest absolute Gasteiger partial charge is 0.494 e. The lowest BCUT2D eigenvalue weighted by Crippen LogP contribution is -2.52. The number of para-hydroxylation sites is 1. The summed E-state index contributed by atoms with van der Waals surface area (Å²) >= 11 is 6.43. The van der Waals surface area contributed by atoms with Crippen molar-refractivity contribution in [3.63, 3.8) is 0 Å². The van der Waals surface area contributed by atoms with E-state index in [4.69, 9.17) is 16.3 Å². The Labute approximate surface area is 337 Å². The third kappa shape index (κ3) is 9.46. The number of ether oxygens (including phenoxy) is 1. The number of hydrogen-bond acceptors (Lipinski definition) is 12. The van der Waals surface area contributed by atoms with E-state index in [0.717, 1.165) is 42.9 Å². The second kappa shape index (κ2) is 17.6. The molecule has 0 saturated carbocycles. The lowest BCUT2D eigenvalue weighted by Gasteiger charge is -2.38. The molecule has 3 aromatic carbocycles. The molecule has 1 unspecified atom stereocenters. The Kier molecular flexibility index (Phi) is 12.2. The van der Waals surface area contributed by atoms with Gasteiger partial charge in [0.1, 0.15) is 16.8 Å². The van der Waals surface area contributed by atoms with Gasteiger partial charge in [0.2, 0.25) is 23.7 Å². The molecule has 14 nitrogen and oxygen atoms in total. The van der Waals surface area contributed by atoms with Crippen molar-refractivity contribution < 1.29 is 23.9 Å². The van der Waals surface area contributed by atoms with Crippen LogP contribution >= 0.6 is 11.6 Å². The first-order valence-corrected chi connectivity index (χ1v) is 19.7. The van der Waals surface area contributed by atoms with Crippen LogP contribution in [0.4, 0.5) is 34.5 Å². The number of halogens is 1. The van der Waals surface area contributed by atoms with Crippen molar-refractivity contribution in [2.75, 3.05) is 73.8 Å². The highest BCUT2D eigenvalue weighted by atomic mass is 35.5. The molecule has 1 atom stereocenters. The van der Waals surface area contributed by atoms with Crippen LogP contribution < -0.4 is 30.9 Å². The summed E-state index contributed by atoms with van der Waals surface area (Å²) in [5, 5.41) is 12.4. The molecule has 57 heavy (non-hydrogen) atoms. The fourth-order valence-corrected chi connectivity index (χ4v) is 7.88. The van der Waals surface area contributed by atoms with Gasteiger partial charge in [-0.2, -0.15) is 4.98 Å². The molecule has 1 aromatic heterocycles. The van der Waals surface area contributed by atoms with Gasteiger partial charge in [-0.25, -0.2) is 4.98 Å². The van der Waals surface area contributed by atoms with Crippen LogP contribution in [0.3, 0.4) is 0 Å². The lowest BCUT2D eigenvalue weighted by atomic mass is 9.89. The van der Waals surface area contributed by atoms with E-state index in [0.29, 0.717) is 91.0 Å². The molecule has 4 heterocycles. The van der Waals surface area contributed by atoms with Crippen molar-refractivity contribution in [1.29, 1.82) is 0 Å². The Bertz CT molecular complexity index is 2130. The van der Waals surface area contributed by atoms with E-state index < -0.39 is 6.04 Å². The van der Waals surface area contributed by atoms with Crippen LogP contribution in [0.15, 0.2) is 66.9 Å². The highest BCUT2D eigenvalue weighted by Crippen LogP contribution is 2.36. The number of methoxy groups -OCH3 is 1. The summed E-state index contributed by atoms with van der Waals surface area (Å²) in [5.41, 5.74) is 6.00. The maximum absolute atomic E-state index is 13.4. The maximum atomic E-state index is 13.4. The van der Waals surface area contributed by atoms with Crippen LogP contribution in [0.1, 0.15) is 60.0 Å². The van der Waals surface area contributed by atoms with Crippen molar-refractivity contribution in [1.82, 2.24) is 25.1 Å². The number of piperidine rings is 2. The number of imide groups is 1. The SMILES string of the molecule is COc1cc(N2CCN(C(=O)CN3CCC(c4ccc(NC5CCC(=O)NC5=O)cc4)CC3)CC2)c(C)cc1Nc1ncc(Cl)c(Nc2ccccc2C(C)=O)n1. The van der Waals surface area contributed by atoms with E-state index in [1.54, 1.807) is 25.3 Å². The van der Waals surface area contributed by atoms with E-state index in [1.807, 2.05) is 42.2 Å². The number of carbonyl (C=O) groups is 4. The number of hydrogen-bond donors (Lipinski definition) is 4. The van der Waals surface area contributed by atoms with E-state index in [1.165, 1.54) is 18.7 Å². The first-order valence-electron chi connectivity index (χ1n) is 19.3. The first kappa shape index (κ1) is 39.5. The van der Waals surface area contributed by atoms with Gasteiger partial charge >= 0.3 is 0 Å². The zero-order valence-corrected chi connectivity index (χ0v) is 33.2. The predicted molar refractivity (Wildman–Crippen MR) is 221 cm³/mol. The maximum Gasteiger partial charge on any atom is 0.249 e. The van der Waals surface area contributed by atoms with Gasteiger partial charge in [0.15, 0.2) is 11.6 Å². The summed E-state index contributed by atoms with van der Waals surface area (Å²) in [6, 6.07) is 19.0. The second-order valence-electron chi connectivity index (χ2n) is 14.8. The van der Waals surface area contributed by atoms with Crippen LogP contribution in [-0.4, -0.2) is 102 Å². The van der Waals surface area contributed by atoms with Crippen LogP contribution in [0.5, 0.6) is 5.75 Å². The van der Waals surface area contributed by atoms with Gasteiger partial charge in [-0.05, 0) is 93.6 Å². The molecule has 0 spiro atoms. The minimum atomic E-state index is -0.401. The van der Waals surface area contributed by atoms with Gasteiger partial charge in [0.25, 0.3) is 0 Å². The molecule has 3 saturated heterocycles. The monoisotopic (exact) mass is 793 g/mol. The topological polar surface area (TPSA) is 161 Å². The average molecular weight is 794 g/mol. The molecule has 298 valence electrons. The summed E-state index contributed by atoms with van der Waals surface area (Å²) in [6.07, 6.45) is 4.29. The van der Waals surface area contributed by atoms with Crippen LogP contribution in [-0.2, 0) is 14.4 Å². The van der Waals surface area contributed by atoms with E-state index in [9.17, 15) is 19.2 Å². The molecule has 0 radical (unpaired) electrons. The van der Waals surface area contributed by atoms with Gasteiger partial charge in [-0.15, -0.1) is 0 Å². The molecule has 15 heteroatoms. The molecular weight excluding hydrogens is 746 g/mol. The number of carbonyl (C=O) groups excluding carboxylic acids is 4. The summed E-state index contributed by atoms with van der Waals surface area (Å²) in [5.74, 6) is 1.28. The Morgan fingerprint density at radius 2 is 1.67 bits per heavy atom. The van der Waals surface area contributed by atoms with Gasteiger partial charge < -0.3 is 30.5 Å². The minimum absolute atomic E-state index is 0.0769. The molecule has 3 amide bonds. The van der Waals surface area contributed by atoms with Crippen molar-refractivity contribution in [3.05, 3.63) is 88.6 Å². The highest BCUT2D eigenvalue weighted by molar-refractivity contribution is 6.33. The zero-order valence-electron chi connectivity index (χ0n) is 32.4. The smallest absolute Gasteiger partial charge is 0.249 e. The fraction of sp³-hybridized carbons (Fsp3) is 0.381. The first-order chi connectivity index (χ1) is 27.5. The highest BCUT2D eigenvalue weighted by Gasteiger charge is 2.29. The quantitative estimate of drug-likeness (QED) is 0.0998. The van der Waals surface area contributed by atoms with Crippen LogP contribution in [0, 0.1) is 6.92 Å². The number of likely N-dealkylation sites (tertiary alicyclic amines) is 1. The number of anilines is 6. The summed E-state index contributed by atoms with van der Waals surface area (Å²) < 4.78 is 5.80. The molecule has 3 aliphatic heterocycles. The third-order valence-corrected chi connectivity index (χ3v) is 11.2. The Morgan fingerprint density at radius 3 is 2.37 bits per heavy atom. The minimum Gasteiger partial charge on any atom is -0.494 e. The predicted octanol–water partition coefficient (Wildman–Crippen LogP) is 5.88. The zero-order chi connectivity index (χ0) is 40.1. The number of nitrogens with one attached hydrogen (secondary N) is 4. The summed E-state index contributed by atoms with van der Waals surface area (Å²) in [4.78, 5) is 64.6. The molecule has 4 N–H and O–H groups in total. The Morgan fingerprint density at radius 1 is 0.930 bits per heavy atom. The number of aromatic nitrogens is 2. The number of aryl methyl sites for hydroxylation is 1. The van der Waals surface area contributed by atoms with E-state index in [2.05, 4.69) is 53.2 Å². The molecule has 3 fully saturated rings. The second-order valence-corrected chi connectivity index (χ2v) is 15.2. The molecular formula is C42H48ClN9O5. The standard InChI is InChI=1S/C42H48ClN9O5/c1-26-22-35(47-42-44-24-32(43)40(49-42)46-33-7-5-4-6-31(33)27(2)53)37(57-3)23-36(26)51-18-20-52(21-19-51)39(55)25-50-16-14-29(15-17-50)28-8-10-30(11-9-28)45-34-12-13-38(54)48-41(34)56/h4-11,22-24,29,34,45H,12-21,25H2,1-3H3,(H,48,54,56)(H2,44,46,47,49). The molecule has 0 aliphatic carbocycles. The number of Topliss-reactive ketones (excluding diaryl/α,β-unsaturated/α-hetero) is 1. The number of ketones is 1. The molecule has 7 rings (SSSR count). The number of nitrogens with zero attached hydrogens (tertiary/aromatic N) is 5. The fourth-order valence-electron chi connectivity index (χ4n) is 7.74. The molecule has 0 bridgehead atoms. The lowest BCUT2D eigenvalue weighted by molar-refractivity contribution is -0.134. The van der Waals surface area contributed by atoms with E-state index >= 15 is 0 Å². The summed E-state index contributed by atoms with van der Waals surface area (Å²) in [7, 11) is 1.62. The van der Waals surface area contributed by atoms with Crippen LogP contribution in [0.25, 0.3) is 0 Å². The van der Waals surface area contributed by atoms with Gasteiger partial charge in [-0.1, -0.05) is 35.9 Å². The van der Waals surface area contributed by atoms with Crippen molar-refractivity contribution >= 4 is 69.6 Å². The molecule has 4 aromatic rings. The van der Waals surface area contributed by atoms with Gasteiger partial charge in [-0.3, -0.25) is 29.4 Å². The number of amides is 3. The number of rotatable bonds is 12. The van der Waals surface area contributed by atoms with Crippen molar-refractivity contribution in [3.8, 4) is 5.75 Å². The average Bonchev–Trinajstić information content (AvgIpc) is 3.21. The van der Waals surface area contributed by atoms with Crippen LogP contribution in [0.2, 0.25) is 5.02 Å². The van der Waals surface area contributed by atoms with Gasteiger partial charge in [0, 0.05) is 55.6 Å². The third-order valence-electron chi connectivity index (χ3n) is 10.9. The van der Waals surface area contributed by atoms with Crippen molar-refractivity contribution in [2.24, 2.45) is 0 Å². The molecule has 3 aliphatic rings. The summed E-state index contributed by atoms with van der Waals surface area (Å²) in [6.45, 7) is 8.37. The van der Waals surface area contributed by atoms with E-state index in [-0.39, 0.29) is 23.5 Å². The number of piperazine rings is 1. The Balaban J connectivity index is 0.894.